The summed E-state index contributed by atoms with van der Waals surface area (Å²) in [4.78, 5) is 10.6. The molecule has 1 atom stereocenters. The zero-order chi connectivity index (χ0) is 10.4. The molecule has 2 nitrogen and oxygen atoms in total. The maximum atomic E-state index is 10.6. The van der Waals surface area contributed by atoms with Crippen LogP contribution in [0.25, 0.3) is 0 Å². The average molecular weight is 192 g/mol. The van der Waals surface area contributed by atoms with E-state index in [-0.39, 0.29) is 12.3 Å². The Morgan fingerprint density at radius 3 is 2.50 bits per heavy atom. The molecule has 1 rings (SSSR count). The van der Waals surface area contributed by atoms with Gasteiger partial charge in [-0.05, 0) is 17.9 Å². The number of carboxylic acid groups (broad SMARTS) is 1. The molecule has 1 aromatic carbocycles. The second-order valence-electron chi connectivity index (χ2n) is 3.56. The van der Waals surface area contributed by atoms with Crippen LogP contribution in [0.3, 0.4) is 0 Å². The zero-order valence-electron chi connectivity index (χ0n) is 8.44. The smallest absolute Gasteiger partial charge is 0.303 e. The van der Waals surface area contributed by atoms with E-state index in [1.54, 1.807) is 0 Å². The highest BCUT2D eigenvalue weighted by atomic mass is 16.4. The lowest BCUT2D eigenvalue weighted by Crippen LogP contribution is -2.09. The Labute approximate surface area is 84.6 Å². The topological polar surface area (TPSA) is 37.3 Å². The minimum atomic E-state index is -0.701. The molecule has 1 N–H and O–H groups in total. The summed E-state index contributed by atoms with van der Waals surface area (Å²) >= 11 is 0. The van der Waals surface area contributed by atoms with Crippen LogP contribution in [-0.4, -0.2) is 11.1 Å². The fourth-order valence-corrected chi connectivity index (χ4v) is 1.56. The Bertz CT molecular complexity index is 280. The van der Waals surface area contributed by atoms with Gasteiger partial charge in [0.15, 0.2) is 0 Å². The van der Waals surface area contributed by atoms with E-state index in [1.165, 1.54) is 5.56 Å². The second-order valence-corrected chi connectivity index (χ2v) is 3.56. The molecule has 14 heavy (non-hydrogen) atoms. The van der Waals surface area contributed by atoms with Crippen LogP contribution in [0.15, 0.2) is 30.3 Å². The first kappa shape index (κ1) is 10.8. The summed E-state index contributed by atoms with van der Waals surface area (Å²) in [7, 11) is 0. The van der Waals surface area contributed by atoms with E-state index in [4.69, 9.17) is 5.11 Å². The maximum Gasteiger partial charge on any atom is 0.303 e. The van der Waals surface area contributed by atoms with Gasteiger partial charge in [-0.3, -0.25) is 4.79 Å². The van der Waals surface area contributed by atoms with Crippen molar-refractivity contribution in [2.45, 2.75) is 26.2 Å². The fraction of sp³-hybridized carbons (Fsp3) is 0.417. The molecule has 2 heteroatoms. The minimum absolute atomic E-state index is 0.259. The Morgan fingerprint density at radius 1 is 1.36 bits per heavy atom. The number of hydrogen-bond acceptors (Lipinski definition) is 1. The summed E-state index contributed by atoms with van der Waals surface area (Å²) in [6, 6.07) is 10.0. The number of aliphatic carboxylic acids is 1. The van der Waals surface area contributed by atoms with Crippen LogP contribution in [0.1, 0.15) is 25.3 Å². The number of carboxylic acids is 1. The third kappa shape index (κ3) is 3.60. The van der Waals surface area contributed by atoms with Crippen molar-refractivity contribution in [3.63, 3.8) is 0 Å². The van der Waals surface area contributed by atoms with Crippen molar-refractivity contribution in [1.82, 2.24) is 0 Å². The van der Waals surface area contributed by atoms with E-state index in [0.29, 0.717) is 0 Å². The summed E-state index contributed by atoms with van der Waals surface area (Å²) < 4.78 is 0. The monoisotopic (exact) mass is 192 g/mol. The first-order valence-corrected chi connectivity index (χ1v) is 4.98. The molecule has 0 fully saturated rings. The maximum absolute atomic E-state index is 10.6. The van der Waals surface area contributed by atoms with Crippen LogP contribution in [-0.2, 0) is 11.2 Å². The number of benzene rings is 1. The van der Waals surface area contributed by atoms with Crippen LogP contribution in [0.5, 0.6) is 0 Å². The van der Waals surface area contributed by atoms with Crippen molar-refractivity contribution >= 4 is 5.97 Å². The van der Waals surface area contributed by atoms with Gasteiger partial charge in [-0.1, -0.05) is 43.7 Å². The van der Waals surface area contributed by atoms with Gasteiger partial charge in [0.1, 0.15) is 0 Å². The van der Waals surface area contributed by atoms with Crippen LogP contribution >= 0.6 is 0 Å². The molecular weight excluding hydrogens is 176 g/mol. The largest absolute Gasteiger partial charge is 0.481 e. The van der Waals surface area contributed by atoms with Gasteiger partial charge in [-0.2, -0.15) is 0 Å². The van der Waals surface area contributed by atoms with Crippen LogP contribution in [0.4, 0.5) is 0 Å². The van der Waals surface area contributed by atoms with E-state index in [0.717, 1.165) is 12.8 Å². The van der Waals surface area contributed by atoms with Crippen molar-refractivity contribution in [1.29, 1.82) is 0 Å². The molecule has 0 bridgehead atoms. The predicted molar refractivity (Wildman–Crippen MR) is 56.2 cm³/mol. The first-order chi connectivity index (χ1) is 6.72. The summed E-state index contributed by atoms with van der Waals surface area (Å²) in [5, 5.41) is 8.69. The van der Waals surface area contributed by atoms with Gasteiger partial charge in [0.25, 0.3) is 0 Å². The molecule has 1 aromatic rings. The quantitative estimate of drug-likeness (QED) is 0.778. The van der Waals surface area contributed by atoms with Crippen LogP contribution in [0.2, 0.25) is 0 Å². The molecule has 0 heterocycles. The van der Waals surface area contributed by atoms with E-state index in [9.17, 15) is 4.79 Å². The number of carbonyl (C=O) groups is 1. The Kier molecular flexibility index (Phi) is 4.17. The molecule has 0 saturated heterocycles. The Morgan fingerprint density at radius 2 is 2.00 bits per heavy atom. The van der Waals surface area contributed by atoms with E-state index < -0.39 is 5.97 Å². The fourth-order valence-electron chi connectivity index (χ4n) is 1.56. The van der Waals surface area contributed by atoms with Gasteiger partial charge >= 0.3 is 5.97 Å². The van der Waals surface area contributed by atoms with Crippen LogP contribution in [0, 0.1) is 5.92 Å². The van der Waals surface area contributed by atoms with Crippen LogP contribution < -0.4 is 0 Å². The molecule has 0 spiro atoms. The van der Waals surface area contributed by atoms with Gasteiger partial charge in [0.05, 0.1) is 0 Å². The second kappa shape index (κ2) is 5.43. The molecule has 0 amide bonds. The lowest BCUT2D eigenvalue weighted by Gasteiger charge is -2.11. The lowest BCUT2D eigenvalue weighted by atomic mass is 9.94. The normalized spacial score (nSPS) is 12.4. The van der Waals surface area contributed by atoms with Crippen molar-refractivity contribution in [2.75, 3.05) is 0 Å². The standard InChI is InChI=1S/C12H16O2/c1-2-10(9-12(13)14)8-11-6-4-3-5-7-11/h3-7,10H,2,8-9H2,1H3,(H,13,14)/t10-/m0/s1. The Balaban J connectivity index is 2.53. The van der Waals surface area contributed by atoms with Crippen molar-refractivity contribution in [3.05, 3.63) is 35.9 Å². The highest BCUT2D eigenvalue weighted by molar-refractivity contribution is 5.67. The number of hydrogen-bond donors (Lipinski definition) is 1. The summed E-state index contributed by atoms with van der Waals surface area (Å²) in [5.74, 6) is -0.442. The summed E-state index contributed by atoms with van der Waals surface area (Å²) in [6.07, 6.45) is 2.05. The molecule has 0 aliphatic carbocycles. The molecule has 0 aliphatic heterocycles. The van der Waals surface area contributed by atoms with Gasteiger partial charge in [-0.25, -0.2) is 0 Å². The lowest BCUT2D eigenvalue weighted by molar-refractivity contribution is -0.138. The molecule has 0 unspecified atom stereocenters. The predicted octanol–water partition coefficient (Wildman–Crippen LogP) is 2.73. The average Bonchev–Trinajstić information content (AvgIpc) is 2.17. The van der Waals surface area contributed by atoms with Crippen molar-refractivity contribution in [2.24, 2.45) is 5.92 Å². The summed E-state index contributed by atoms with van der Waals surface area (Å²) in [6.45, 7) is 2.04. The molecule has 0 radical (unpaired) electrons. The van der Waals surface area contributed by atoms with Gasteiger partial charge in [0.2, 0.25) is 0 Å². The third-order valence-corrected chi connectivity index (χ3v) is 2.41. The first-order valence-electron chi connectivity index (χ1n) is 4.98. The van der Waals surface area contributed by atoms with Gasteiger partial charge < -0.3 is 5.11 Å². The number of rotatable bonds is 5. The van der Waals surface area contributed by atoms with Gasteiger partial charge in [0, 0.05) is 6.42 Å². The SMILES string of the molecule is CC[C@H](CC(=O)O)Cc1ccccc1. The van der Waals surface area contributed by atoms with Crippen molar-refractivity contribution in [3.8, 4) is 0 Å². The molecule has 0 aliphatic rings. The minimum Gasteiger partial charge on any atom is -0.481 e. The highest BCUT2D eigenvalue weighted by Gasteiger charge is 2.11. The third-order valence-electron chi connectivity index (χ3n) is 2.41. The molecular formula is C12H16O2. The summed E-state index contributed by atoms with van der Waals surface area (Å²) in [5.41, 5.74) is 1.22. The highest BCUT2D eigenvalue weighted by Crippen LogP contribution is 2.15. The van der Waals surface area contributed by atoms with Gasteiger partial charge in [-0.15, -0.1) is 0 Å². The molecule has 76 valence electrons. The molecule has 0 saturated carbocycles. The molecule has 0 aromatic heterocycles. The van der Waals surface area contributed by atoms with Crippen molar-refractivity contribution < 1.29 is 9.90 Å². The van der Waals surface area contributed by atoms with E-state index in [1.807, 2.05) is 37.3 Å². The van der Waals surface area contributed by atoms with E-state index in [2.05, 4.69) is 0 Å². The zero-order valence-corrected chi connectivity index (χ0v) is 8.44. The van der Waals surface area contributed by atoms with E-state index >= 15 is 0 Å². The Hall–Kier alpha value is -1.31.